The highest BCUT2D eigenvalue weighted by Crippen LogP contribution is 2.16. The van der Waals surface area contributed by atoms with E-state index in [4.69, 9.17) is 18.9 Å². The smallest absolute Gasteiger partial charge is 0.316 e. The van der Waals surface area contributed by atoms with E-state index in [-0.39, 0.29) is 12.8 Å². The first kappa shape index (κ1) is 17.1. The summed E-state index contributed by atoms with van der Waals surface area (Å²) in [5.74, 6) is 1.49. The van der Waals surface area contributed by atoms with Crippen molar-refractivity contribution in [3.05, 3.63) is 24.3 Å². The third-order valence-corrected chi connectivity index (χ3v) is 2.48. The summed E-state index contributed by atoms with van der Waals surface area (Å²) < 4.78 is 20.4. The monoisotopic (exact) mass is 298 g/mol. The average molecular weight is 298 g/mol. The Hall–Kier alpha value is -1.99. The molecule has 2 amide bonds. The molecule has 0 aliphatic rings. The van der Waals surface area contributed by atoms with Gasteiger partial charge in [0.25, 0.3) is 0 Å². The van der Waals surface area contributed by atoms with Crippen molar-refractivity contribution in [1.82, 2.24) is 10.6 Å². The van der Waals surface area contributed by atoms with E-state index in [2.05, 4.69) is 10.6 Å². The lowest BCUT2D eigenvalue weighted by Gasteiger charge is -2.09. The number of carbonyl (C=O) groups is 1. The summed E-state index contributed by atoms with van der Waals surface area (Å²) in [7, 11) is 3.20. The van der Waals surface area contributed by atoms with Crippen molar-refractivity contribution in [1.29, 1.82) is 0 Å². The Kier molecular flexibility index (Phi) is 8.74. The van der Waals surface area contributed by atoms with E-state index < -0.39 is 0 Å². The fraction of sp³-hybridized carbons (Fsp3) is 0.500. The van der Waals surface area contributed by atoms with Crippen LogP contribution in [-0.4, -0.2) is 53.3 Å². The Bertz CT molecular complexity index is 397. The van der Waals surface area contributed by atoms with Crippen LogP contribution in [0.3, 0.4) is 0 Å². The van der Waals surface area contributed by atoms with Gasteiger partial charge in [-0.2, -0.15) is 0 Å². The summed E-state index contributed by atoms with van der Waals surface area (Å²) in [6, 6.07) is 6.94. The topological polar surface area (TPSA) is 78.1 Å². The van der Waals surface area contributed by atoms with Gasteiger partial charge >= 0.3 is 6.03 Å². The third-order valence-electron chi connectivity index (χ3n) is 2.48. The molecule has 0 saturated heterocycles. The summed E-state index contributed by atoms with van der Waals surface area (Å²) in [5.41, 5.74) is 0. The Morgan fingerprint density at radius 1 is 1.00 bits per heavy atom. The van der Waals surface area contributed by atoms with Gasteiger partial charge in [-0.25, -0.2) is 4.79 Å². The van der Waals surface area contributed by atoms with Crippen LogP contribution < -0.4 is 20.1 Å². The molecule has 1 rings (SSSR count). The fourth-order valence-electron chi connectivity index (χ4n) is 1.40. The average Bonchev–Trinajstić information content (AvgIpc) is 2.52. The molecule has 118 valence electrons. The first-order valence-electron chi connectivity index (χ1n) is 6.61. The van der Waals surface area contributed by atoms with Gasteiger partial charge in [0.2, 0.25) is 0 Å². The number of rotatable bonds is 10. The highest BCUT2D eigenvalue weighted by atomic mass is 16.5. The van der Waals surface area contributed by atoms with Crippen LogP contribution in [0.1, 0.15) is 0 Å². The van der Waals surface area contributed by atoms with E-state index in [1.807, 2.05) is 24.3 Å². The highest BCUT2D eigenvalue weighted by Gasteiger charge is 1.99. The number of nitrogens with one attached hydrogen (secondary N) is 2. The van der Waals surface area contributed by atoms with Gasteiger partial charge in [-0.1, -0.05) is 0 Å². The van der Waals surface area contributed by atoms with Crippen molar-refractivity contribution in [2.24, 2.45) is 0 Å². The fourth-order valence-corrected chi connectivity index (χ4v) is 1.40. The molecule has 0 atom stereocenters. The van der Waals surface area contributed by atoms with Crippen molar-refractivity contribution in [3.63, 3.8) is 0 Å². The lowest BCUT2D eigenvalue weighted by Crippen LogP contribution is -2.38. The molecular formula is C14H22N2O5. The van der Waals surface area contributed by atoms with Gasteiger partial charge in [-0.05, 0) is 24.3 Å². The number of benzene rings is 1. The normalized spacial score (nSPS) is 10.0. The molecule has 0 aliphatic heterocycles. The van der Waals surface area contributed by atoms with Gasteiger partial charge in [-0.3, -0.25) is 0 Å². The molecular weight excluding hydrogens is 276 g/mol. The van der Waals surface area contributed by atoms with Crippen molar-refractivity contribution in [2.75, 3.05) is 47.3 Å². The van der Waals surface area contributed by atoms with Crippen LogP contribution in [0, 0.1) is 0 Å². The molecule has 0 aromatic heterocycles. The van der Waals surface area contributed by atoms with Crippen LogP contribution in [0.2, 0.25) is 0 Å². The summed E-state index contributed by atoms with van der Waals surface area (Å²) in [5, 5.41) is 5.21. The lowest BCUT2D eigenvalue weighted by atomic mass is 10.3. The number of hydrogen-bond acceptors (Lipinski definition) is 5. The molecule has 2 N–H and O–H groups in total. The molecule has 1 aromatic rings. The second-order valence-corrected chi connectivity index (χ2v) is 4.00. The van der Waals surface area contributed by atoms with Gasteiger partial charge in [-0.15, -0.1) is 0 Å². The molecule has 1 aromatic carbocycles. The molecule has 0 spiro atoms. The Labute approximate surface area is 124 Å². The summed E-state index contributed by atoms with van der Waals surface area (Å²) in [6.45, 7) is 1.87. The summed E-state index contributed by atoms with van der Waals surface area (Å²) in [6.07, 6.45) is 0. The van der Waals surface area contributed by atoms with Crippen molar-refractivity contribution in [2.45, 2.75) is 0 Å². The second-order valence-electron chi connectivity index (χ2n) is 4.00. The largest absolute Gasteiger partial charge is 0.497 e. The molecule has 0 bridgehead atoms. The maximum Gasteiger partial charge on any atom is 0.316 e. The zero-order valence-corrected chi connectivity index (χ0v) is 12.4. The van der Waals surface area contributed by atoms with E-state index in [1.54, 1.807) is 14.2 Å². The number of methoxy groups -OCH3 is 2. The molecule has 0 radical (unpaired) electrons. The van der Waals surface area contributed by atoms with E-state index in [0.717, 1.165) is 11.5 Å². The standard InChI is InChI=1S/C14H22N2O5/c1-18-9-10-20-11-16-14(17)15-7-8-21-13-5-3-12(19-2)4-6-13/h3-6H,7-11H2,1-2H3,(H2,15,16,17). The predicted molar refractivity (Wildman–Crippen MR) is 77.7 cm³/mol. The first-order valence-corrected chi connectivity index (χ1v) is 6.61. The lowest BCUT2D eigenvalue weighted by molar-refractivity contribution is 0.0642. The molecule has 0 unspecified atom stereocenters. The predicted octanol–water partition coefficient (Wildman–Crippen LogP) is 0.994. The van der Waals surface area contributed by atoms with Crippen molar-refractivity contribution >= 4 is 6.03 Å². The molecule has 0 saturated carbocycles. The maximum atomic E-state index is 11.4. The number of urea groups is 1. The van der Waals surface area contributed by atoms with Crippen LogP contribution in [0.4, 0.5) is 4.79 Å². The number of ether oxygens (including phenoxy) is 4. The van der Waals surface area contributed by atoms with E-state index in [0.29, 0.717) is 26.4 Å². The van der Waals surface area contributed by atoms with Crippen LogP contribution in [0.5, 0.6) is 11.5 Å². The van der Waals surface area contributed by atoms with Crippen molar-refractivity contribution < 1.29 is 23.7 Å². The highest BCUT2D eigenvalue weighted by molar-refractivity contribution is 5.73. The zero-order valence-electron chi connectivity index (χ0n) is 12.4. The van der Waals surface area contributed by atoms with Gasteiger partial charge in [0, 0.05) is 7.11 Å². The van der Waals surface area contributed by atoms with E-state index >= 15 is 0 Å². The molecule has 0 fully saturated rings. The van der Waals surface area contributed by atoms with Crippen LogP contribution in [0.25, 0.3) is 0 Å². The van der Waals surface area contributed by atoms with Crippen LogP contribution in [-0.2, 0) is 9.47 Å². The molecule has 7 heteroatoms. The Balaban J connectivity index is 2.03. The van der Waals surface area contributed by atoms with E-state index in [9.17, 15) is 4.79 Å². The van der Waals surface area contributed by atoms with Gasteiger partial charge in [0.15, 0.2) is 0 Å². The van der Waals surface area contributed by atoms with E-state index in [1.165, 1.54) is 0 Å². The minimum Gasteiger partial charge on any atom is -0.497 e. The molecule has 7 nitrogen and oxygen atoms in total. The second kappa shape index (κ2) is 10.8. The minimum atomic E-state index is -0.300. The SMILES string of the molecule is COCCOCNC(=O)NCCOc1ccc(OC)cc1. The van der Waals surface area contributed by atoms with Crippen LogP contribution in [0.15, 0.2) is 24.3 Å². The quantitative estimate of drug-likeness (QED) is 0.497. The zero-order chi connectivity index (χ0) is 15.3. The molecule has 0 heterocycles. The van der Waals surface area contributed by atoms with Crippen LogP contribution >= 0.6 is 0 Å². The Morgan fingerprint density at radius 3 is 2.38 bits per heavy atom. The van der Waals surface area contributed by atoms with Gasteiger partial charge < -0.3 is 29.6 Å². The number of hydrogen-bond donors (Lipinski definition) is 2. The first-order chi connectivity index (χ1) is 10.3. The third kappa shape index (κ3) is 8.01. The molecule has 0 aliphatic carbocycles. The Morgan fingerprint density at radius 2 is 1.71 bits per heavy atom. The van der Waals surface area contributed by atoms with Gasteiger partial charge in [0.1, 0.15) is 24.8 Å². The summed E-state index contributed by atoms with van der Waals surface area (Å²) >= 11 is 0. The minimum absolute atomic E-state index is 0.147. The number of amides is 2. The molecule has 21 heavy (non-hydrogen) atoms. The maximum absolute atomic E-state index is 11.4. The summed E-state index contributed by atoms with van der Waals surface area (Å²) in [4.78, 5) is 11.4. The van der Waals surface area contributed by atoms with Gasteiger partial charge in [0.05, 0.1) is 26.9 Å². The number of carbonyl (C=O) groups excluding carboxylic acids is 1. The van der Waals surface area contributed by atoms with Crippen molar-refractivity contribution in [3.8, 4) is 11.5 Å².